The van der Waals surface area contributed by atoms with E-state index in [4.69, 9.17) is 0 Å². The lowest BCUT2D eigenvalue weighted by Gasteiger charge is -2.42. The lowest BCUT2D eigenvalue weighted by atomic mass is 10.0. The molecule has 1 fully saturated rings. The Morgan fingerprint density at radius 1 is 1.18 bits per heavy atom. The fourth-order valence-electron chi connectivity index (χ4n) is 4.21. The molecule has 1 aromatic rings. The highest BCUT2D eigenvalue weighted by molar-refractivity contribution is 7.92. The maximum Gasteiger partial charge on any atom is 0.232 e. The van der Waals surface area contributed by atoms with Crippen molar-refractivity contribution in [2.75, 3.05) is 30.1 Å². The molecule has 156 valence electrons. The van der Waals surface area contributed by atoms with Gasteiger partial charge in [0.15, 0.2) is 0 Å². The molecule has 4 bridgehead atoms. The third-order valence-electron chi connectivity index (χ3n) is 5.90. The Morgan fingerprint density at radius 2 is 1.96 bits per heavy atom. The van der Waals surface area contributed by atoms with Crippen molar-refractivity contribution < 1.29 is 13.2 Å². The molecule has 0 saturated carbocycles. The molecule has 1 unspecified atom stereocenters. The third-order valence-corrected chi connectivity index (χ3v) is 7.26. The van der Waals surface area contributed by atoms with Crippen LogP contribution < -0.4 is 4.72 Å². The topological polar surface area (TPSA) is 69.7 Å². The Labute approximate surface area is 169 Å². The highest BCUT2D eigenvalue weighted by Crippen LogP contribution is 2.25. The smallest absolute Gasteiger partial charge is 0.232 e. The van der Waals surface area contributed by atoms with E-state index in [0.29, 0.717) is 12.1 Å². The zero-order valence-electron chi connectivity index (χ0n) is 17.3. The van der Waals surface area contributed by atoms with E-state index >= 15 is 0 Å². The first-order valence-corrected chi connectivity index (χ1v) is 12.0. The van der Waals surface area contributed by atoms with E-state index in [1.54, 1.807) is 0 Å². The summed E-state index contributed by atoms with van der Waals surface area (Å²) in [5.74, 6) is 0.382. The summed E-state index contributed by atoms with van der Waals surface area (Å²) in [6.45, 7) is 9.19. The number of sulfonamides is 1. The minimum atomic E-state index is -3.33. The lowest BCUT2D eigenvalue weighted by molar-refractivity contribution is -0.139. The number of nitrogens with one attached hydrogen (secondary N) is 1. The van der Waals surface area contributed by atoms with Crippen LogP contribution in [0.1, 0.15) is 50.7 Å². The van der Waals surface area contributed by atoms with Crippen LogP contribution in [0.4, 0.5) is 5.69 Å². The molecule has 1 saturated heterocycles. The predicted molar refractivity (Wildman–Crippen MR) is 113 cm³/mol. The number of benzene rings is 1. The second-order valence-electron chi connectivity index (χ2n) is 8.44. The average molecular weight is 408 g/mol. The summed E-state index contributed by atoms with van der Waals surface area (Å²) < 4.78 is 27.6. The largest absolute Gasteiger partial charge is 0.337 e. The number of anilines is 1. The van der Waals surface area contributed by atoms with Crippen LogP contribution in [0.15, 0.2) is 18.2 Å². The highest BCUT2D eigenvalue weighted by Gasteiger charge is 2.31. The van der Waals surface area contributed by atoms with E-state index in [0.717, 1.165) is 56.6 Å². The Bertz CT molecular complexity index is 807. The highest BCUT2D eigenvalue weighted by atomic mass is 32.2. The first kappa shape index (κ1) is 21.1. The van der Waals surface area contributed by atoms with Gasteiger partial charge in [-0.3, -0.25) is 14.4 Å². The maximum atomic E-state index is 12.7. The van der Waals surface area contributed by atoms with E-state index in [-0.39, 0.29) is 23.6 Å². The van der Waals surface area contributed by atoms with Crippen LogP contribution in [0.5, 0.6) is 0 Å². The van der Waals surface area contributed by atoms with Gasteiger partial charge in [-0.05, 0) is 37.0 Å². The van der Waals surface area contributed by atoms with E-state index < -0.39 is 10.0 Å². The van der Waals surface area contributed by atoms with E-state index in [1.807, 2.05) is 32.9 Å². The standard InChI is InChI=1S/C21H33N3O3S/c1-16(2)21(25)24-12-11-23-14-18-8-7-10-20(17(18)3)22-28(26,27)13-6-4-5-9-19(24)15-23/h7-8,10,16,19,22H,4-6,9,11-15H2,1-3H3/t19-/m0/s1. The van der Waals surface area contributed by atoms with Crippen molar-refractivity contribution in [1.82, 2.24) is 9.80 Å². The summed E-state index contributed by atoms with van der Waals surface area (Å²) in [7, 11) is -3.33. The SMILES string of the molecule is Cc1c2cccc1NS(=O)(=O)CCCCC[C@H]1CN(CCN1C(=O)C(C)C)C2. The van der Waals surface area contributed by atoms with Crippen molar-refractivity contribution in [3.8, 4) is 0 Å². The van der Waals surface area contributed by atoms with Gasteiger partial charge < -0.3 is 4.90 Å². The normalized spacial score (nSPS) is 25.6. The number of rotatable bonds is 1. The number of nitrogens with zero attached hydrogens (tertiary/aromatic N) is 2. The molecule has 2 aliphatic rings. The minimum Gasteiger partial charge on any atom is -0.337 e. The molecular formula is C21H33N3O3S. The Kier molecular flexibility index (Phi) is 6.65. The predicted octanol–water partition coefficient (Wildman–Crippen LogP) is 2.98. The molecule has 1 amide bonds. The number of fused-ring (bicyclic) bond motifs is 4. The maximum absolute atomic E-state index is 12.7. The number of carbonyl (C=O) groups is 1. The van der Waals surface area contributed by atoms with Gasteiger partial charge in [-0.15, -0.1) is 0 Å². The minimum absolute atomic E-state index is 0.00906. The molecule has 2 aliphatic heterocycles. The third kappa shape index (κ3) is 5.06. The number of carbonyl (C=O) groups excluding carboxylic acids is 1. The quantitative estimate of drug-likeness (QED) is 0.777. The lowest BCUT2D eigenvalue weighted by Crippen LogP contribution is -2.55. The van der Waals surface area contributed by atoms with Crippen molar-refractivity contribution in [1.29, 1.82) is 0 Å². The van der Waals surface area contributed by atoms with E-state index in [1.165, 1.54) is 0 Å². The van der Waals surface area contributed by atoms with Crippen LogP contribution in [0.25, 0.3) is 0 Å². The summed E-state index contributed by atoms with van der Waals surface area (Å²) >= 11 is 0. The van der Waals surface area contributed by atoms with Gasteiger partial charge in [0.2, 0.25) is 15.9 Å². The molecule has 0 aliphatic carbocycles. The number of amides is 1. The summed E-state index contributed by atoms with van der Waals surface area (Å²) in [5.41, 5.74) is 2.81. The Morgan fingerprint density at radius 3 is 2.71 bits per heavy atom. The van der Waals surface area contributed by atoms with Crippen molar-refractivity contribution in [3.05, 3.63) is 29.3 Å². The van der Waals surface area contributed by atoms with Crippen LogP contribution in [0.3, 0.4) is 0 Å². The Hall–Kier alpha value is -1.60. The monoisotopic (exact) mass is 407 g/mol. The van der Waals surface area contributed by atoms with Crippen molar-refractivity contribution >= 4 is 21.6 Å². The summed E-state index contributed by atoms with van der Waals surface area (Å²) in [6.07, 6.45) is 3.38. The molecule has 0 radical (unpaired) electrons. The average Bonchev–Trinajstić information content (AvgIpc) is 2.63. The van der Waals surface area contributed by atoms with Crippen molar-refractivity contribution in [2.24, 2.45) is 5.92 Å². The fourth-order valence-corrected chi connectivity index (χ4v) is 5.45. The number of hydrogen-bond donors (Lipinski definition) is 1. The van der Waals surface area contributed by atoms with Gasteiger partial charge in [0.05, 0.1) is 11.4 Å². The second-order valence-corrected chi connectivity index (χ2v) is 10.3. The van der Waals surface area contributed by atoms with Crippen molar-refractivity contribution in [2.45, 2.75) is 59.0 Å². The zero-order chi connectivity index (χ0) is 20.3. The van der Waals surface area contributed by atoms with Crippen LogP contribution >= 0.6 is 0 Å². The van der Waals surface area contributed by atoms with Crippen LogP contribution in [-0.2, 0) is 21.4 Å². The summed E-state index contributed by atoms with van der Waals surface area (Å²) in [4.78, 5) is 17.1. The number of piperazine rings is 1. The van der Waals surface area contributed by atoms with Gasteiger partial charge in [-0.1, -0.05) is 38.8 Å². The fraction of sp³-hybridized carbons (Fsp3) is 0.667. The number of hydrogen-bond acceptors (Lipinski definition) is 4. The first-order chi connectivity index (χ1) is 13.3. The van der Waals surface area contributed by atoms with Gasteiger partial charge in [0, 0.05) is 38.1 Å². The summed E-state index contributed by atoms with van der Waals surface area (Å²) in [6, 6.07) is 6.04. The molecule has 1 N–H and O–H groups in total. The van der Waals surface area contributed by atoms with Crippen LogP contribution in [0, 0.1) is 12.8 Å². The van der Waals surface area contributed by atoms with E-state index in [2.05, 4.69) is 20.6 Å². The van der Waals surface area contributed by atoms with E-state index in [9.17, 15) is 13.2 Å². The molecule has 28 heavy (non-hydrogen) atoms. The van der Waals surface area contributed by atoms with Gasteiger partial charge in [0.25, 0.3) is 0 Å². The molecule has 7 heteroatoms. The van der Waals surface area contributed by atoms with Crippen molar-refractivity contribution in [3.63, 3.8) is 0 Å². The Balaban J connectivity index is 1.86. The first-order valence-electron chi connectivity index (χ1n) is 10.4. The molecule has 6 nitrogen and oxygen atoms in total. The van der Waals surface area contributed by atoms with Gasteiger partial charge in [-0.25, -0.2) is 8.42 Å². The molecule has 2 heterocycles. The second kappa shape index (κ2) is 8.82. The van der Waals surface area contributed by atoms with Gasteiger partial charge in [-0.2, -0.15) is 0 Å². The van der Waals surface area contributed by atoms with Gasteiger partial charge in [0.1, 0.15) is 0 Å². The molecule has 0 spiro atoms. The summed E-state index contributed by atoms with van der Waals surface area (Å²) in [5, 5.41) is 0. The van der Waals surface area contributed by atoms with Crippen LogP contribution in [0.2, 0.25) is 0 Å². The molecular weight excluding hydrogens is 374 g/mol. The molecule has 1 aromatic carbocycles. The molecule has 2 atom stereocenters. The molecule has 3 rings (SSSR count). The zero-order valence-corrected chi connectivity index (χ0v) is 18.1. The van der Waals surface area contributed by atoms with Gasteiger partial charge >= 0.3 is 0 Å². The molecule has 0 aromatic heterocycles. The van der Waals surface area contributed by atoms with Crippen LogP contribution in [-0.4, -0.2) is 55.6 Å².